The van der Waals surface area contributed by atoms with Crippen LogP contribution in [0.3, 0.4) is 0 Å². The molecule has 0 bridgehead atoms. The van der Waals surface area contributed by atoms with Crippen molar-refractivity contribution in [3.8, 4) is 5.75 Å². The number of nitrogens with zero attached hydrogens (tertiary/aromatic N) is 1. The van der Waals surface area contributed by atoms with Gasteiger partial charge in [0.2, 0.25) is 0 Å². The van der Waals surface area contributed by atoms with E-state index in [2.05, 4.69) is 14.6 Å². The molecule has 1 aromatic heterocycles. The molecule has 160 valence electrons. The van der Waals surface area contributed by atoms with Gasteiger partial charge in [-0.25, -0.2) is 8.42 Å². The molecule has 2 aromatic carbocycles. The first-order valence-corrected chi connectivity index (χ1v) is 10.4. The average Bonchev–Trinajstić information content (AvgIpc) is 3.04. The summed E-state index contributed by atoms with van der Waals surface area (Å²) in [5.74, 6) is 0.708. The number of halogens is 1. The fraction of sp³-hybridized carbons (Fsp3) is 0.300. The summed E-state index contributed by atoms with van der Waals surface area (Å²) in [6.07, 6.45) is 2.80. The van der Waals surface area contributed by atoms with Crippen molar-refractivity contribution >= 4 is 39.0 Å². The summed E-state index contributed by atoms with van der Waals surface area (Å²) < 4.78 is 33.6. The first-order valence-electron chi connectivity index (χ1n) is 8.89. The normalized spacial score (nSPS) is 11.0. The molecule has 0 saturated heterocycles. The van der Waals surface area contributed by atoms with Crippen molar-refractivity contribution in [3.63, 3.8) is 0 Å². The number of aromatic amines is 1. The maximum Gasteiger partial charge on any atom is 0.261 e. The van der Waals surface area contributed by atoms with Crippen molar-refractivity contribution in [2.24, 2.45) is 0 Å². The number of nitrogens with one attached hydrogen (secondary N) is 2. The number of sulfonamides is 1. The van der Waals surface area contributed by atoms with Gasteiger partial charge in [0.15, 0.2) is 0 Å². The van der Waals surface area contributed by atoms with E-state index < -0.39 is 10.0 Å². The summed E-state index contributed by atoms with van der Waals surface area (Å²) in [7, 11) is 0.368. The molecule has 7 nitrogen and oxygen atoms in total. The van der Waals surface area contributed by atoms with Crippen LogP contribution in [0.4, 0.5) is 5.69 Å². The predicted molar refractivity (Wildman–Crippen MR) is 120 cm³/mol. The van der Waals surface area contributed by atoms with Crippen LogP contribution in [0, 0.1) is 0 Å². The summed E-state index contributed by atoms with van der Waals surface area (Å²) in [5.41, 5.74) is 2.54. The van der Waals surface area contributed by atoms with E-state index in [0.29, 0.717) is 18.0 Å². The second kappa shape index (κ2) is 10.5. The van der Waals surface area contributed by atoms with Crippen molar-refractivity contribution < 1.29 is 18.6 Å². The van der Waals surface area contributed by atoms with Gasteiger partial charge in [0.1, 0.15) is 5.75 Å². The lowest BCUT2D eigenvalue weighted by atomic mass is 10.1. The molecule has 0 aliphatic rings. The maximum atomic E-state index is 12.8. The molecular weight excluding hydrogens is 414 g/mol. The Morgan fingerprint density at radius 1 is 1.10 bits per heavy atom. The van der Waals surface area contributed by atoms with E-state index in [0.717, 1.165) is 29.4 Å². The largest absolute Gasteiger partial charge is 0.494 e. The van der Waals surface area contributed by atoms with Gasteiger partial charge in [0, 0.05) is 29.3 Å². The zero-order chi connectivity index (χ0) is 19.4. The lowest BCUT2D eigenvalue weighted by molar-refractivity contribution is 0.340. The molecule has 0 unspecified atom stereocenters. The van der Waals surface area contributed by atoms with E-state index in [1.165, 1.54) is 0 Å². The predicted octanol–water partition coefficient (Wildman–Crippen LogP) is 3.07. The number of benzene rings is 2. The van der Waals surface area contributed by atoms with Crippen LogP contribution in [0.2, 0.25) is 0 Å². The molecule has 4 N–H and O–H groups in total. The molecule has 1 heterocycles. The van der Waals surface area contributed by atoms with Crippen molar-refractivity contribution in [2.45, 2.75) is 18.2 Å². The van der Waals surface area contributed by atoms with Crippen LogP contribution in [0.15, 0.2) is 53.6 Å². The lowest BCUT2D eigenvalue weighted by Gasteiger charge is -2.10. The van der Waals surface area contributed by atoms with Crippen LogP contribution in [-0.2, 0) is 16.4 Å². The lowest BCUT2D eigenvalue weighted by Crippen LogP contribution is -2.15. The van der Waals surface area contributed by atoms with Gasteiger partial charge in [0.25, 0.3) is 10.0 Å². The van der Waals surface area contributed by atoms with E-state index >= 15 is 0 Å². The van der Waals surface area contributed by atoms with E-state index in [-0.39, 0.29) is 22.8 Å². The first-order chi connectivity index (χ1) is 12.9. The van der Waals surface area contributed by atoms with Crippen LogP contribution < -0.4 is 9.46 Å². The third-order valence-electron chi connectivity index (χ3n) is 4.30. The minimum absolute atomic E-state index is 0. The molecule has 0 atom stereocenters. The molecule has 0 amide bonds. The van der Waals surface area contributed by atoms with E-state index in [9.17, 15) is 8.42 Å². The molecule has 0 radical (unpaired) electrons. The number of anilines is 1. The molecule has 0 aliphatic heterocycles. The van der Waals surface area contributed by atoms with Gasteiger partial charge in [-0.1, -0.05) is 0 Å². The van der Waals surface area contributed by atoms with E-state index in [1.807, 2.05) is 27.2 Å². The van der Waals surface area contributed by atoms with E-state index in [4.69, 9.17) is 4.74 Å². The van der Waals surface area contributed by atoms with Gasteiger partial charge in [-0.05, 0) is 75.5 Å². The smallest absolute Gasteiger partial charge is 0.261 e. The Kier molecular flexibility index (Phi) is 8.97. The molecule has 0 saturated carbocycles. The van der Waals surface area contributed by atoms with Crippen LogP contribution in [0.25, 0.3) is 10.9 Å². The molecule has 9 heteroatoms. The van der Waals surface area contributed by atoms with Crippen molar-refractivity contribution in [1.29, 1.82) is 0 Å². The number of likely N-dealkylation sites (N-methyl/N-ethyl adjacent to an activating group) is 1. The third-order valence-corrected chi connectivity index (χ3v) is 5.67. The molecule has 0 fully saturated rings. The zero-order valence-corrected chi connectivity index (χ0v) is 18.4. The summed E-state index contributed by atoms with van der Waals surface area (Å²) >= 11 is 0. The molecule has 3 aromatic rings. The monoisotopic (exact) mass is 441 g/mol. The Morgan fingerprint density at radius 3 is 2.41 bits per heavy atom. The standard InChI is InChI=1S/C20H25N3O3S.ClH.H2O/c1-4-26-17-7-5-16(6-8-17)22-27(24,25)18-9-10-20-19(13-18)15(14-21-20)11-12-23(2)3;;/h5-10,13-14,21-22H,4,11-12H2,1-3H3;1H;1H2. The fourth-order valence-corrected chi connectivity index (χ4v) is 3.96. The summed E-state index contributed by atoms with van der Waals surface area (Å²) in [6, 6.07) is 12.0. The number of rotatable bonds is 8. The summed E-state index contributed by atoms with van der Waals surface area (Å²) in [6.45, 7) is 3.37. The van der Waals surface area contributed by atoms with Gasteiger partial charge in [-0.3, -0.25) is 4.72 Å². The van der Waals surface area contributed by atoms with Gasteiger partial charge in [0.05, 0.1) is 11.5 Å². The summed E-state index contributed by atoms with van der Waals surface area (Å²) in [5, 5.41) is 0.936. The van der Waals surface area contributed by atoms with Crippen LogP contribution in [0.1, 0.15) is 12.5 Å². The second-order valence-corrected chi connectivity index (χ2v) is 8.32. The maximum absolute atomic E-state index is 12.8. The number of aromatic nitrogens is 1. The Morgan fingerprint density at radius 2 is 1.79 bits per heavy atom. The van der Waals surface area contributed by atoms with Gasteiger partial charge >= 0.3 is 0 Å². The van der Waals surface area contributed by atoms with Gasteiger partial charge in [-0.2, -0.15) is 0 Å². The highest BCUT2D eigenvalue weighted by Gasteiger charge is 2.16. The highest BCUT2D eigenvalue weighted by Crippen LogP contribution is 2.25. The Hall–Kier alpha value is -2.26. The highest BCUT2D eigenvalue weighted by molar-refractivity contribution is 7.92. The SMILES string of the molecule is CCOc1ccc(NS(=O)(=O)c2ccc3[nH]cc(CCN(C)C)c3c2)cc1.Cl.O. The highest BCUT2D eigenvalue weighted by atomic mass is 35.5. The number of hydrogen-bond acceptors (Lipinski definition) is 4. The Labute approximate surface area is 177 Å². The fourth-order valence-electron chi connectivity index (χ4n) is 2.88. The van der Waals surface area contributed by atoms with E-state index in [1.54, 1.807) is 42.5 Å². The third kappa shape index (κ3) is 6.11. The first kappa shape index (κ1) is 24.8. The van der Waals surface area contributed by atoms with Crippen LogP contribution in [-0.4, -0.2) is 51.0 Å². The molecule has 3 rings (SSSR count). The molecule has 29 heavy (non-hydrogen) atoms. The quantitative estimate of drug-likeness (QED) is 0.560. The topological polar surface area (TPSA) is 106 Å². The molecular formula is C20H28ClN3O4S. The number of ether oxygens (including phenoxy) is 1. The zero-order valence-electron chi connectivity index (χ0n) is 16.7. The average molecular weight is 442 g/mol. The molecule has 0 spiro atoms. The van der Waals surface area contributed by atoms with Crippen molar-refractivity contribution in [3.05, 3.63) is 54.2 Å². The summed E-state index contributed by atoms with van der Waals surface area (Å²) in [4.78, 5) is 5.56. The van der Waals surface area contributed by atoms with Crippen LogP contribution in [0.5, 0.6) is 5.75 Å². The Bertz CT molecular complexity index is 1020. The van der Waals surface area contributed by atoms with Gasteiger partial charge < -0.3 is 20.1 Å². The van der Waals surface area contributed by atoms with Gasteiger partial charge in [-0.15, -0.1) is 12.4 Å². The Balaban J connectivity index is 0.00000210. The number of H-pyrrole nitrogens is 1. The van der Waals surface area contributed by atoms with Crippen molar-refractivity contribution in [2.75, 3.05) is 32.0 Å². The minimum Gasteiger partial charge on any atom is -0.494 e. The van der Waals surface area contributed by atoms with Crippen LogP contribution >= 0.6 is 12.4 Å². The van der Waals surface area contributed by atoms with Crippen molar-refractivity contribution in [1.82, 2.24) is 9.88 Å². The number of fused-ring (bicyclic) bond motifs is 1. The molecule has 0 aliphatic carbocycles. The number of hydrogen-bond donors (Lipinski definition) is 2. The second-order valence-electron chi connectivity index (χ2n) is 6.64. The minimum atomic E-state index is -3.67.